The first kappa shape index (κ1) is 9.40. The number of ether oxygens (including phenoxy) is 1. The molecule has 2 unspecified atom stereocenters. The molecule has 1 aliphatic rings. The Bertz CT molecular complexity index is 95.0. The molecule has 1 fully saturated rings. The lowest BCUT2D eigenvalue weighted by Gasteiger charge is -2.26. The van der Waals surface area contributed by atoms with Gasteiger partial charge in [0.15, 0.2) is 0 Å². The van der Waals surface area contributed by atoms with Crippen LogP contribution in [0.5, 0.6) is 0 Å². The van der Waals surface area contributed by atoms with Gasteiger partial charge < -0.3 is 4.74 Å². The summed E-state index contributed by atoms with van der Waals surface area (Å²) in [6.07, 6.45) is 6.67. The van der Waals surface area contributed by atoms with Gasteiger partial charge in [-0.05, 0) is 44.1 Å². The molecule has 0 amide bonds. The van der Waals surface area contributed by atoms with Crippen LogP contribution in [0.1, 0.15) is 26.2 Å². The Balaban J connectivity index is 2.07. The van der Waals surface area contributed by atoms with Crippen LogP contribution in [0, 0.1) is 5.92 Å². The number of rotatable bonds is 3. The maximum atomic E-state index is 5.58. The van der Waals surface area contributed by atoms with Crippen molar-refractivity contribution in [2.75, 3.05) is 18.6 Å². The molecule has 2 atom stereocenters. The molecule has 1 saturated heterocycles. The van der Waals surface area contributed by atoms with Gasteiger partial charge in [0.2, 0.25) is 0 Å². The third kappa shape index (κ3) is 3.48. The zero-order valence-corrected chi connectivity index (χ0v) is 8.32. The summed E-state index contributed by atoms with van der Waals surface area (Å²) in [5.41, 5.74) is 0. The van der Waals surface area contributed by atoms with Gasteiger partial charge in [-0.3, -0.25) is 0 Å². The third-order valence-corrected chi connectivity index (χ3v) is 2.97. The molecule has 0 N–H and O–H groups in total. The minimum Gasteiger partial charge on any atom is -0.378 e. The SMILES string of the molecule is CSCCC1CCC(C)OC1. The second-order valence-electron chi connectivity index (χ2n) is 3.37. The van der Waals surface area contributed by atoms with Crippen molar-refractivity contribution in [2.24, 2.45) is 5.92 Å². The Morgan fingerprint density at radius 2 is 2.27 bits per heavy atom. The van der Waals surface area contributed by atoms with E-state index >= 15 is 0 Å². The fourth-order valence-corrected chi connectivity index (χ4v) is 2.02. The number of thioether (sulfide) groups is 1. The van der Waals surface area contributed by atoms with Gasteiger partial charge in [0.25, 0.3) is 0 Å². The van der Waals surface area contributed by atoms with Gasteiger partial charge in [0, 0.05) is 6.61 Å². The maximum Gasteiger partial charge on any atom is 0.0547 e. The van der Waals surface area contributed by atoms with Crippen LogP contribution < -0.4 is 0 Å². The average Bonchev–Trinajstić information content (AvgIpc) is 2.04. The van der Waals surface area contributed by atoms with Crippen molar-refractivity contribution in [3.05, 3.63) is 0 Å². The van der Waals surface area contributed by atoms with Gasteiger partial charge in [0.05, 0.1) is 6.10 Å². The highest BCUT2D eigenvalue weighted by Crippen LogP contribution is 2.22. The van der Waals surface area contributed by atoms with E-state index in [0.717, 1.165) is 12.5 Å². The fraction of sp³-hybridized carbons (Fsp3) is 1.00. The van der Waals surface area contributed by atoms with Crippen LogP contribution in [0.4, 0.5) is 0 Å². The molecule has 0 spiro atoms. The second kappa shape index (κ2) is 5.04. The minimum atomic E-state index is 0.514. The molecule has 0 bridgehead atoms. The van der Waals surface area contributed by atoms with Crippen molar-refractivity contribution in [3.8, 4) is 0 Å². The van der Waals surface area contributed by atoms with Crippen LogP contribution in [0.15, 0.2) is 0 Å². The summed E-state index contributed by atoms with van der Waals surface area (Å²) in [7, 11) is 0. The summed E-state index contributed by atoms with van der Waals surface area (Å²) in [5.74, 6) is 2.14. The Labute approximate surface area is 73.9 Å². The van der Waals surface area contributed by atoms with Crippen molar-refractivity contribution in [2.45, 2.75) is 32.3 Å². The molecule has 0 saturated carbocycles. The molecule has 0 aromatic rings. The van der Waals surface area contributed by atoms with Crippen LogP contribution in [0.25, 0.3) is 0 Å². The number of hydrogen-bond donors (Lipinski definition) is 0. The van der Waals surface area contributed by atoms with Crippen LogP contribution in [0.3, 0.4) is 0 Å². The Morgan fingerprint density at radius 3 is 2.82 bits per heavy atom. The molecule has 1 nitrogen and oxygen atoms in total. The van der Waals surface area contributed by atoms with Crippen LogP contribution in [0.2, 0.25) is 0 Å². The highest BCUT2D eigenvalue weighted by atomic mass is 32.2. The van der Waals surface area contributed by atoms with Crippen LogP contribution >= 0.6 is 11.8 Å². The van der Waals surface area contributed by atoms with Crippen molar-refractivity contribution >= 4 is 11.8 Å². The Hall–Kier alpha value is 0.310. The van der Waals surface area contributed by atoms with E-state index in [0.29, 0.717) is 6.10 Å². The largest absolute Gasteiger partial charge is 0.378 e. The van der Waals surface area contributed by atoms with Crippen molar-refractivity contribution in [1.29, 1.82) is 0 Å². The lowest BCUT2D eigenvalue weighted by atomic mass is 9.97. The topological polar surface area (TPSA) is 9.23 Å². The predicted octanol–water partition coefficient (Wildman–Crippen LogP) is 2.55. The summed E-state index contributed by atoms with van der Waals surface area (Å²) in [4.78, 5) is 0. The quantitative estimate of drug-likeness (QED) is 0.650. The maximum absolute atomic E-state index is 5.58. The van der Waals surface area contributed by atoms with Gasteiger partial charge >= 0.3 is 0 Å². The first-order valence-electron chi connectivity index (χ1n) is 4.43. The minimum absolute atomic E-state index is 0.514. The van der Waals surface area contributed by atoms with Gasteiger partial charge in [-0.2, -0.15) is 11.8 Å². The molecule has 66 valence electrons. The first-order valence-corrected chi connectivity index (χ1v) is 5.83. The molecule has 0 aliphatic carbocycles. The first-order chi connectivity index (χ1) is 5.33. The molecule has 1 heterocycles. The molecule has 11 heavy (non-hydrogen) atoms. The number of hydrogen-bond acceptors (Lipinski definition) is 2. The lowest BCUT2D eigenvalue weighted by molar-refractivity contribution is -0.00542. The average molecular weight is 174 g/mol. The van der Waals surface area contributed by atoms with Crippen molar-refractivity contribution in [3.63, 3.8) is 0 Å². The zero-order chi connectivity index (χ0) is 8.10. The van der Waals surface area contributed by atoms with Gasteiger partial charge in [-0.25, -0.2) is 0 Å². The van der Waals surface area contributed by atoms with Crippen molar-refractivity contribution < 1.29 is 4.74 Å². The molecule has 1 rings (SSSR count). The molecular weight excluding hydrogens is 156 g/mol. The normalized spacial score (nSPS) is 32.2. The van der Waals surface area contributed by atoms with E-state index in [1.807, 2.05) is 11.8 Å². The summed E-state index contributed by atoms with van der Waals surface area (Å²) < 4.78 is 5.58. The monoisotopic (exact) mass is 174 g/mol. The summed E-state index contributed by atoms with van der Waals surface area (Å²) in [6, 6.07) is 0. The highest BCUT2D eigenvalue weighted by molar-refractivity contribution is 7.98. The van der Waals surface area contributed by atoms with Gasteiger partial charge in [-0.1, -0.05) is 0 Å². The fourth-order valence-electron chi connectivity index (χ4n) is 1.45. The summed E-state index contributed by atoms with van der Waals surface area (Å²) in [5, 5.41) is 0. The second-order valence-corrected chi connectivity index (χ2v) is 4.35. The zero-order valence-electron chi connectivity index (χ0n) is 7.51. The van der Waals surface area contributed by atoms with Gasteiger partial charge in [-0.15, -0.1) is 0 Å². The van der Waals surface area contributed by atoms with E-state index in [4.69, 9.17) is 4.74 Å². The van der Waals surface area contributed by atoms with Crippen LogP contribution in [-0.2, 0) is 4.74 Å². The molecule has 0 aromatic carbocycles. The summed E-state index contributed by atoms with van der Waals surface area (Å²) in [6.45, 7) is 3.17. The van der Waals surface area contributed by atoms with E-state index in [1.165, 1.54) is 25.0 Å². The third-order valence-electron chi connectivity index (χ3n) is 2.33. The molecule has 1 aliphatic heterocycles. The standard InChI is InChI=1S/C9H18OS/c1-8-3-4-9(7-10-8)5-6-11-2/h8-9H,3-7H2,1-2H3. The molecular formula is C9H18OS. The Kier molecular flexibility index (Phi) is 4.31. The summed E-state index contributed by atoms with van der Waals surface area (Å²) >= 11 is 1.94. The lowest BCUT2D eigenvalue weighted by Crippen LogP contribution is -2.23. The molecule has 0 radical (unpaired) electrons. The molecule has 0 aromatic heterocycles. The van der Waals surface area contributed by atoms with E-state index in [2.05, 4.69) is 13.2 Å². The Morgan fingerprint density at radius 1 is 1.45 bits per heavy atom. The van der Waals surface area contributed by atoms with E-state index in [-0.39, 0.29) is 0 Å². The highest BCUT2D eigenvalue weighted by Gasteiger charge is 2.17. The predicted molar refractivity (Wildman–Crippen MR) is 51.1 cm³/mol. The smallest absolute Gasteiger partial charge is 0.0547 e. The van der Waals surface area contributed by atoms with Crippen LogP contribution in [-0.4, -0.2) is 24.7 Å². The van der Waals surface area contributed by atoms with E-state index < -0.39 is 0 Å². The molecule has 2 heteroatoms. The van der Waals surface area contributed by atoms with Gasteiger partial charge in [0.1, 0.15) is 0 Å². The van der Waals surface area contributed by atoms with E-state index in [9.17, 15) is 0 Å². The van der Waals surface area contributed by atoms with E-state index in [1.54, 1.807) is 0 Å². The van der Waals surface area contributed by atoms with Crippen molar-refractivity contribution in [1.82, 2.24) is 0 Å².